The number of urea groups is 1. The number of imide groups is 1. The summed E-state index contributed by atoms with van der Waals surface area (Å²) in [5.41, 5.74) is 0.852. The summed E-state index contributed by atoms with van der Waals surface area (Å²) < 4.78 is 1.57. The van der Waals surface area contributed by atoms with E-state index >= 15 is 0 Å². The first-order chi connectivity index (χ1) is 13.3. The van der Waals surface area contributed by atoms with E-state index in [4.69, 9.17) is 0 Å². The molecule has 4 rings (SSSR count). The monoisotopic (exact) mass is 386 g/mol. The number of carbonyl (C=O) groups excluding carboxylic acids is 2. The normalized spacial score (nSPS) is 18.5. The van der Waals surface area contributed by atoms with E-state index in [1.54, 1.807) is 10.7 Å². The summed E-state index contributed by atoms with van der Waals surface area (Å²) in [6.45, 7) is 4.36. The molecule has 1 aliphatic carbocycles. The maximum absolute atomic E-state index is 11.8. The third kappa shape index (κ3) is 3.74. The first-order valence-electron chi connectivity index (χ1n) is 9.06. The lowest BCUT2D eigenvalue weighted by atomic mass is 9.95. The van der Waals surface area contributed by atoms with Gasteiger partial charge in [-0.15, -0.1) is 0 Å². The molecule has 2 fully saturated rings. The molecule has 11 heteroatoms. The number of nitrogens with zero attached hydrogens (tertiary/aromatic N) is 4. The highest BCUT2D eigenvalue weighted by molar-refractivity contribution is 6.14. The van der Waals surface area contributed by atoms with E-state index in [1.165, 1.54) is 6.08 Å². The number of hydrogen-bond donors (Lipinski definition) is 5. The smallest absolute Gasteiger partial charge is 0.326 e. The maximum atomic E-state index is 11.8. The van der Waals surface area contributed by atoms with Crippen molar-refractivity contribution in [3.63, 3.8) is 0 Å². The van der Waals surface area contributed by atoms with E-state index in [2.05, 4.69) is 36.3 Å². The zero-order valence-electron chi connectivity index (χ0n) is 15.6. The number of amides is 3. The third-order valence-corrected chi connectivity index (χ3v) is 4.48. The average Bonchev–Trinajstić information content (AvgIpc) is 3.29. The lowest BCUT2D eigenvalue weighted by molar-refractivity contribution is -0.115. The molecular formula is C17H22N8O3. The Balaban J connectivity index is 1.71. The van der Waals surface area contributed by atoms with Crippen LogP contribution in [0.25, 0.3) is 11.7 Å². The third-order valence-electron chi connectivity index (χ3n) is 4.48. The van der Waals surface area contributed by atoms with Crippen LogP contribution in [-0.2, 0) is 4.79 Å². The zero-order valence-corrected chi connectivity index (χ0v) is 15.6. The Bertz CT molecular complexity index is 976. The second-order valence-corrected chi connectivity index (χ2v) is 7.77. The van der Waals surface area contributed by atoms with Crippen LogP contribution >= 0.6 is 0 Å². The molecule has 148 valence electrons. The second-order valence-electron chi connectivity index (χ2n) is 7.77. The van der Waals surface area contributed by atoms with Gasteiger partial charge in [-0.3, -0.25) is 10.1 Å². The number of nitrogens with one attached hydrogen (secondary N) is 4. The highest BCUT2D eigenvalue weighted by Gasteiger charge is 2.26. The lowest BCUT2D eigenvalue weighted by Gasteiger charge is -2.22. The molecule has 0 bridgehead atoms. The van der Waals surface area contributed by atoms with Crippen LogP contribution in [0.4, 0.5) is 16.7 Å². The number of aliphatic hydroxyl groups is 1. The molecule has 0 radical (unpaired) electrons. The first-order valence-corrected chi connectivity index (χ1v) is 9.06. The minimum absolute atomic E-state index is 0.0221. The molecule has 1 aliphatic heterocycles. The molecule has 1 saturated carbocycles. The van der Waals surface area contributed by atoms with Crippen molar-refractivity contribution in [1.82, 2.24) is 30.2 Å². The number of hydrogen-bond acceptors (Lipinski definition) is 8. The van der Waals surface area contributed by atoms with Crippen LogP contribution in [0.3, 0.4) is 0 Å². The topological polar surface area (TPSA) is 146 Å². The van der Waals surface area contributed by atoms with Crippen LogP contribution in [-0.4, -0.2) is 55.8 Å². The summed E-state index contributed by atoms with van der Waals surface area (Å²) in [6, 6.07) is -0.210. The predicted molar refractivity (Wildman–Crippen MR) is 101 cm³/mol. The summed E-state index contributed by atoms with van der Waals surface area (Å²) in [4.78, 5) is 32.2. The Morgan fingerprint density at radius 2 is 2.11 bits per heavy atom. The fraction of sp³-hybridized carbons (Fsp3) is 0.471. The number of fused-ring (bicyclic) bond motifs is 1. The van der Waals surface area contributed by atoms with Gasteiger partial charge in [0.1, 0.15) is 5.70 Å². The van der Waals surface area contributed by atoms with Crippen molar-refractivity contribution in [2.75, 3.05) is 23.8 Å². The van der Waals surface area contributed by atoms with Crippen molar-refractivity contribution in [2.45, 2.75) is 32.7 Å². The molecule has 0 atom stereocenters. The van der Waals surface area contributed by atoms with Gasteiger partial charge < -0.3 is 21.1 Å². The molecule has 2 aromatic rings. The Labute approximate surface area is 160 Å². The summed E-state index contributed by atoms with van der Waals surface area (Å²) in [7, 11) is 0. The average molecular weight is 386 g/mol. The highest BCUT2D eigenvalue weighted by atomic mass is 16.3. The van der Waals surface area contributed by atoms with Gasteiger partial charge in [-0.25, -0.2) is 4.79 Å². The molecule has 5 N–H and O–H groups in total. The number of rotatable bonds is 7. The van der Waals surface area contributed by atoms with Crippen LogP contribution in [0.15, 0.2) is 11.9 Å². The summed E-state index contributed by atoms with van der Waals surface area (Å²) in [5, 5.41) is 24.9. The van der Waals surface area contributed by atoms with Crippen molar-refractivity contribution in [3.05, 3.63) is 17.5 Å². The molecule has 1 saturated heterocycles. The Hall–Kier alpha value is -3.21. The van der Waals surface area contributed by atoms with E-state index < -0.39 is 11.9 Å². The van der Waals surface area contributed by atoms with Crippen LogP contribution < -0.4 is 21.3 Å². The highest BCUT2D eigenvalue weighted by Crippen LogP contribution is 2.26. The van der Waals surface area contributed by atoms with Gasteiger partial charge in [-0.2, -0.15) is 19.6 Å². The van der Waals surface area contributed by atoms with Gasteiger partial charge in [-0.1, -0.05) is 13.8 Å². The van der Waals surface area contributed by atoms with Crippen molar-refractivity contribution in [2.24, 2.45) is 5.41 Å². The number of aromatic nitrogens is 4. The molecule has 11 nitrogen and oxygen atoms in total. The predicted octanol–water partition coefficient (Wildman–Crippen LogP) is 0.309. The minimum Gasteiger partial charge on any atom is -0.396 e. The molecule has 3 heterocycles. The summed E-state index contributed by atoms with van der Waals surface area (Å²) >= 11 is 0. The maximum Gasteiger partial charge on any atom is 0.326 e. The fourth-order valence-electron chi connectivity index (χ4n) is 2.59. The van der Waals surface area contributed by atoms with Gasteiger partial charge in [-0.05, 0) is 18.9 Å². The Kier molecular flexibility index (Phi) is 4.38. The number of carbonyl (C=O) groups is 2. The molecule has 3 amide bonds. The molecule has 2 aliphatic rings. The Morgan fingerprint density at radius 3 is 2.75 bits per heavy atom. The van der Waals surface area contributed by atoms with Crippen LogP contribution in [0, 0.1) is 5.41 Å². The zero-order chi connectivity index (χ0) is 19.9. The molecule has 0 unspecified atom stereocenters. The van der Waals surface area contributed by atoms with E-state index in [1.807, 2.05) is 13.8 Å². The van der Waals surface area contributed by atoms with Gasteiger partial charge in [0.25, 0.3) is 5.91 Å². The Morgan fingerprint density at radius 1 is 1.32 bits per heavy atom. The lowest BCUT2D eigenvalue weighted by Crippen LogP contribution is -2.27. The van der Waals surface area contributed by atoms with Gasteiger partial charge in [0.05, 0.1) is 6.20 Å². The van der Waals surface area contributed by atoms with E-state index in [9.17, 15) is 14.7 Å². The van der Waals surface area contributed by atoms with Crippen LogP contribution in [0.2, 0.25) is 0 Å². The van der Waals surface area contributed by atoms with Gasteiger partial charge in [0.15, 0.2) is 5.65 Å². The summed E-state index contributed by atoms with van der Waals surface area (Å²) in [5.74, 6) is 0.427. The second kappa shape index (κ2) is 6.75. The molecule has 0 aromatic carbocycles. The molecule has 28 heavy (non-hydrogen) atoms. The molecule has 0 spiro atoms. The standard InChI is InChI=1S/C17H22N8O3/c1-17(2,8-26)7-18-14-22-12-9(5-11-13(27)23-16(28)21-11)6-19-25(12)15(24-14)20-10-3-4-10/h5-6,10,26H,3-4,7-8H2,1-2H3,(H2,18,20,22,24)(H2,21,23,27,28)/b11-5-. The van der Waals surface area contributed by atoms with E-state index in [0.29, 0.717) is 35.7 Å². The van der Waals surface area contributed by atoms with Gasteiger partial charge in [0, 0.05) is 30.2 Å². The quantitative estimate of drug-likeness (QED) is 0.338. The summed E-state index contributed by atoms with van der Waals surface area (Å²) in [6.07, 6.45) is 5.22. The largest absolute Gasteiger partial charge is 0.396 e. The van der Waals surface area contributed by atoms with E-state index in [0.717, 1.165) is 12.8 Å². The van der Waals surface area contributed by atoms with Crippen molar-refractivity contribution in [1.29, 1.82) is 0 Å². The SMILES string of the molecule is CC(C)(CO)CNc1nc(NC2CC2)n2ncc(/C=C3\NC(=O)NC3=O)c2n1. The van der Waals surface area contributed by atoms with Crippen molar-refractivity contribution >= 4 is 35.6 Å². The minimum atomic E-state index is -0.563. The number of aliphatic hydroxyl groups excluding tert-OH is 1. The van der Waals surface area contributed by atoms with Crippen molar-refractivity contribution in [3.8, 4) is 0 Å². The molecule has 2 aromatic heterocycles. The van der Waals surface area contributed by atoms with Gasteiger partial charge in [0.2, 0.25) is 11.9 Å². The fourth-order valence-corrected chi connectivity index (χ4v) is 2.59. The number of anilines is 2. The van der Waals surface area contributed by atoms with Crippen molar-refractivity contribution < 1.29 is 14.7 Å². The van der Waals surface area contributed by atoms with Crippen LogP contribution in [0.5, 0.6) is 0 Å². The van der Waals surface area contributed by atoms with E-state index in [-0.39, 0.29) is 17.7 Å². The first kappa shape index (κ1) is 18.2. The molecular weight excluding hydrogens is 364 g/mol. The van der Waals surface area contributed by atoms with Crippen LogP contribution in [0.1, 0.15) is 32.3 Å². The van der Waals surface area contributed by atoms with Gasteiger partial charge >= 0.3 is 6.03 Å².